The van der Waals surface area contributed by atoms with Gasteiger partial charge in [0, 0.05) is 29.4 Å². The first kappa shape index (κ1) is 6.60. The van der Waals surface area contributed by atoms with Gasteiger partial charge < -0.3 is 4.98 Å². The Bertz CT molecular complexity index is 568. The Balaban J connectivity index is 2.65. The maximum atomic E-state index is 4.19. The van der Waals surface area contributed by atoms with Crippen LogP contribution in [0.5, 0.6) is 0 Å². The second-order valence-corrected chi connectivity index (χ2v) is 2.98. The van der Waals surface area contributed by atoms with Crippen LogP contribution in [0, 0.1) is 0 Å². The number of rotatable bonds is 0. The average molecular weight is 169 g/mol. The summed E-state index contributed by atoms with van der Waals surface area (Å²) < 4.78 is 0. The van der Waals surface area contributed by atoms with Crippen molar-refractivity contribution in [1.29, 1.82) is 0 Å². The second-order valence-electron chi connectivity index (χ2n) is 2.98. The number of hydrogen-bond acceptors (Lipinski definition) is 2. The Hall–Kier alpha value is -1.90. The molecule has 0 aliphatic heterocycles. The highest BCUT2D eigenvalue weighted by Crippen LogP contribution is 2.22. The third-order valence-electron chi connectivity index (χ3n) is 2.23. The Morgan fingerprint density at radius 2 is 2.08 bits per heavy atom. The van der Waals surface area contributed by atoms with Gasteiger partial charge in [0.05, 0.1) is 5.52 Å². The number of nitrogens with zero attached hydrogens (tertiary/aromatic N) is 2. The molecular weight excluding hydrogens is 162 g/mol. The summed E-state index contributed by atoms with van der Waals surface area (Å²) in [5.41, 5.74) is 0.988. The highest BCUT2D eigenvalue weighted by atomic mass is 14.8. The predicted molar refractivity (Wildman–Crippen MR) is 51.4 cm³/mol. The van der Waals surface area contributed by atoms with Gasteiger partial charge in [-0.1, -0.05) is 6.07 Å². The van der Waals surface area contributed by atoms with E-state index in [0.29, 0.717) is 0 Å². The van der Waals surface area contributed by atoms with Crippen LogP contribution in [-0.2, 0) is 0 Å². The zero-order chi connectivity index (χ0) is 8.67. The van der Waals surface area contributed by atoms with E-state index in [9.17, 15) is 0 Å². The summed E-state index contributed by atoms with van der Waals surface area (Å²) >= 11 is 0. The summed E-state index contributed by atoms with van der Waals surface area (Å²) in [5, 5.41) is 3.47. The van der Waals surface area contributed by atoms with E-state index in [-0.39, 0.29) is 0 Å². The number of H-pyrrole nitrogens is 1. The molecule has 0 unspecified atom stereocenters. The molecule has 2 aromatic heterocycles. The van der Waals surface area contributed by atoms with Gasteiger partial charge in [-0.05, 0) is 11.5 Å². The van der Waals surface area contributed by atoms with Crippen molar-refractivity contribution in [3.8, 4) is 0 Å². The van der Waals surface area contributed by atoms with Gasteiger partial charge in [-0.3, -0.25) is 0 Å². The summed E-state index contributed by atoms with van der Waals surface area (Å²) in [7, 11) is 0. The van der Waals surface area contributed by atoms with Crippen LogP contribution >= 0.6 is 0 Å². The smallest absolute Gasteiger partial charge is 0.116 e. The molecule has 0 saturated heterocycles. The molecule has 1 aromatic carbocycles. The van der Waals surface area contributed by atoms with Crippen molar-refractivity contribution in [3.05, 3.63) is 37.1 Å². The minimum atomic E-state index is 0.988. The Morgan fingerprint density at radius 1 is 1.08 bits per heavy atom. The zero-order valence-electron chi connectivity index (χ0n) is 6.86. The molecule has 3 heteroatoms. The monoisotopic (exact) mass is 169 g/mol. The molecule has 0 amide bonds. The van der Waals surface area contributed by atoms with Gasteiger partial charge in [-0.2, -0.15) is 0 Å². The van der Waals surface area contributed by atoms with E-state index < -0.39 is 0 Å². The van der Waals surface area contributed by atoms with Crippen molar-refractivity contribution in [2.45, 2.75) is 0 Å². The van der Waals surface area contributed by atoms with Crippen LogP contribution in [0.3, 0.4) is 0 Å². The molecule has 0 aliphatic carbocycles. The molecule has 0 aliphatic rings. The maximum Gasteiger partial charge on any atom is 0.116 e. The first-order chi connectivity index (χ1) is 6.45. The molecule has 0 saturated carbocycles. The van der Waals surface area contributed by atoms with E-state index >= 15 is 0 Å². The lowest BCUT2D eigenvalue weighted by molar-refractivity contribution is 1.23. The van der Waals surface area contributed by atoms with Gasteiger partial charge in [0.15, 0.2) is 0 Å². The molecule has 62 valence electrons. The van der Waals surface area contributed by atoms with Crippen LogP contribution in [0.15, 0.2) is 37.1 Å². The topological polar surface area (TPSA) is 41.6 Å². The number of aromatic nitrogens is 3. The quantitative estimate of drug-likeness (QED) is 0.560. The van der Waals surface area contributed by atoms with E-state index in [1.807, 2.05) is 24.7 Å². The standard InChI is InChI=1S/C10H7N3/c1-2-10-9(5-12-6-13-10)8-4-11-3-7(1)8/h1-6,11H. The lowest BCUT2D eigenvalue weighted by Gasteiger charge is -1.95. The van der Waals surface area contributed by atoms with Gasteiger partial charge in [0.2, 0.25) is 0 Å². The highest BCUT2D eigenvalue weighted by molar-refractivity contribution is 6.05. The first-order valence-electron chi connectivity index (χ1n) is 4.10. The normalized spacial score (nSPS) is 11.1. The number of aromatic amines is 1. The zero-order valence-corrected chi connectivity index (χ0v) is 6.86. The first-order valence-corrected chi connectivity index (χ1v) is 4.10. The fraction of sp³-hybridized carbons (Fsp3) is 0. The molecule has 3 aromatic rings. The third kappa shape index (κ3) is 0.839. The van der Waals surface area contributed by atoms with E-state index in [1.165, 1.54) is 10.8 Å². The van der Waals surface area contributed by atoms with Crippen LogP contribution in [-0.4, -0.2) is 15.0 Å². The number of fused-ring (bicyclic) bond motifs is 3. The van der Waals surface area contributed by atoms with Crippen LogP contribution in [0.4, 0.5) is 0 Å². The lowest BCUT2D eigenvalue weighted by atomic mass is 10.1. The van der Waals surface area contributed by atoms with Crippen LogP contribution in [0.1, 0.15) is 0 Å². The van der Waals surface area contributed by atoms with Gasteiger partial charge in [-0.25, -0.2) is 9.97 Å². The summed E-state index contributed by atoms with van der Waals surface area (Å²) in [6.45, 7) is 0. The van der Waals surface area contributed by atoms with Crippen molar-refractivity contribution in [3.63, 3.8) is 0 Å². The molecular formula is C10H7N3. The number of nitrogens with one attached hydrogen (secondary N) is 1. The molecule has 0 bridgehead atoms. The van der Waals surface area contributed by atoms with Crippen molar-refractivity contribution in [2.75, 3.05) is 0 Å². The molecule has 1 N–H and O–H groups in total. The predicted octanol–water partition coefficient (Wildman–Crippen LogP) is 2.11. The SMILES string of the molecule is c1ncc2c(ccc3c[nH]cc32)n1. The molecule has 0 radical (unpaired) electrons. The minimum absolute atomic E-state index is 0.988. The van der Waals surface area contributed by atoms with E-state index in [4.69, 9.17) is 0 Å². The lowest BCUT2D eigenvalue weighted by Crippen LogP contribution is -1.80. The van der Waals surface area contributed by atoms with E-state index in [0.717, 1.165) is 10.9 Å². The van der Waals surface area contributed by atoms with Crippen LogP contribution in [0.2, 0.25) is 0 Å². The fourth-order valence-corrected chi connectivity index (χ4v) is 1.60. The highest BCUT2D eigenvalue weighted by Gasteiger charge is 2.00. The van der Waals surface area contributed by atoms with E-state index in [1.54, 1.807) is 6.33 Å². The van der Waals surface area contributed by atoms with Crippen molar-refractivity contribution >= 4 is 21.7 Å². The van der Waals surface area contributed by atoms with E-state index in [2.05, 4.69) is 21.0 Å². The average Bonchev–Trinajstić information content (AvgIpc) is 2.65. The Morgan fingerprint density at radius 3 is 3.08 bits per heavy atom. The number of hydrogen-bond donors (Lipinski definition) is 1. The third-order valence-corrected chi connectivity index (χ3v) is 2.23. The van der Waals surface area contributed by atoms with Crippen LogP contribution < -0.4 is 0 Å². The number of benzene rings is 1. The van der Waals surface area contributed by atoms with Gasteiger partial charge in [-0.15, -0.1) is 0 Å². The molecule has 13 heavy (non-hydrogen) atoms. The van der Waals surface area contributed by atoms with Crippen molar-refractivity contribution in [2.24, 2.45) is 0 Å². The largest absolute Gasteiger partial charge is 0.366 e. The van der Waals surface area contributed by atoms with Gasteiger partial charge in [0.25, 0.3) is 0 Å². The summed E-state index contributed by atoms with van der Waals surface area (Å²) in [6, 6.07) is 4.06. The molecule has 0 atom stereocenters. The second kappa shape index (κ2) is 2.29. The summed E-state index contributed by atoms with van der Waals surface area (Å²) in [5.74, 6) is 0. The fourth-order valence-electron chi connectivity index (χ4n) is 1.60. The van der Waals surface area contributed by atoms with Crippen molar-refractivity contribution in [1.82, 2.24) is 15.0 Å². The van der Waals surface area contributed by atoms with Gasteiger partial charge >= 0.3 is 0 Å². The molecule has 0 fully saturated rings. The minimum Gasteiger partial charge on any atom is -0.366 e. The van der Waals surface area contributed by atoms with Crippen molar-refractivity contribution < 1.29 is 0 Å². The van der Waals surface area contributed by atoms with Crippen LogP contribution in [0.25, 0.3) is 21.7 Å². The molecule has 3 nitrogen and oxygen atoms in total. The Kier molecular flexibility index (Phi) is 1.16. The molecule has 2 heterocycles. The Labute approximate surface area is 74.4 Å². The maximum absolute atomic E-state index is 4.19. The van der Waals surface area contributed by atoms with Gasteiger partial charge in [0.1, 0.15) is 6.33 Å². The molecule has 0 spiro atoms. The summed E-state index contributed by atoms with van der Waals surface area (Å²) in [6.07, 6.45) is 7.36. The molecule has 3 rings (SSSR count). The summed E-state index contributed by atoms with van der Waals surface area (Å²) in [4.78, 5) is 11.3.